The second-order valence-electron chi connectivity index (χ2n) is 6.25. The van der Waals surface area contributed by atoms with Gasteiger partial charge in [0.1, 0.15) is 6.61 Å². The number of aliphatic hydroxyl groups excluding tert-OH is 1. The first-order valence-electron chi connectivity index (χ1n) is 9.10. The summed E-state index contributed by atoms with van der Waals surface area (Å²) in [7, 11) is 0. The minimum Gasteiger partial charge on any atom is -0.461 e. The summed E-state index contributed by atoms with van der Waals surface area (Å²) >= 11 is 0. The Morgan fingerprint density at radius 1 is 1.00 bits per heavy atom. The lowest BCUT2D eigenvalue weighted by Crippen LogP contribution is -2.11. The number of carbonyl (C=O) groups excluding carboxylic acids is 1. The molecule has 0 bridgehead atoms. The molecule has 1 atom stereocenters. The van der Waals surface area contributed by atoms with Crippen LogP contribution in [0, 0.1) is 0 Å². The van der Waals surface area contributed by atoms with E-state index in [0.717, 1.165) is 18.4 Å². The molecule has 0 aromatic heterocycles. The lowest BCUT2D eigenvalue weighted by Gasteiger charge is -2.10. The van der Waals surface area contributed by atoms with E-state index in [0.29, 0.717) is 19.4 Å². The number of esters is 1. The molecule has 0 aliphatic carbocycles. The molecule has 3 heteroatoms. The molecule has 0 heterocycles. The van der Waals surface area contributed by atoms with E-state index in [1.807, 2.05) is 30.3 Å². The smallest absolute Gasteiger partial charge is 0.306 e. The van der Waals surface area contributed by atoms with Crippen LogP contribution in [-0.4, -0.2) is 17.2 Å². The molecule has 0 amide bonds. The normalized spacial score (nSPS) is 12.1. The molecule has 1 unspecified atom stereocenters. The molecule has 0 aliphatic heterocycles. The Hall–Kier alpha value is -1.35. The Labute approximate surface area is 141 Å². The van der Waals surface area contributed by atoms with Gasteiger partial charge in [-0.05, 0) is 18.4 Å². The Kier molecular flexibility index (Phi) is 11.2. The maximum absolute atomic E-state index is 11.7. The standard InChI is InChI=1S/C20H32O3/c1-2-3-4-5-6-7-11-14-19(21)15-16-20(22)23-17-18-12-9-8-10-13-18/h8-10,12-13,19,21H,2-7,11,14-17H2,1H3. The number of hydrogen-bond donors (Lipinski definition) is 1. The van der Waals surface area contributed by atoms with Gasteiger partial charge in [-0.15, -0.1) is 0 Å². The van der Waals surface area contributed by atoms with Crippen molar-refractivity contribution < 1.29 is 14.6 Å². The van der Waals surface area contributed by atoms with Gasteiger partial charge in [0.15, 0.2) is 0 Å². The summed E-state index contributed by atoms with van der Waals surface area (Å²) in [5.74, 6) is -0.229. The summed E-state index contributed by atoms with van der Waals surface area (Å²) in [6.07, 6.45) is 9.93. The van der Waals surface area contributed by atoms with Crippen LogP contribution in [-0.2, 0) is 16.1 Å². The van der Waals surface area contributed by atoms with Crippen molar-refractivity contribution in [3.05, 3.63) is 35.9 Å². The third-order valence-electron chi connectivity index (χ3n) is 4.07. The number of ether oxygens (including phenoxy) is 1. The van der Waals surface area contributed by atoms with Gasteiger partial charge < -0.3 is 9.84 Å². The Morgan fingerprint density at radius 2 is 1.65 bits per heavy atom. The minimum absolute atomic E-state index is 0.229. The van der Waals surface area contributed by atoms with E-state index in [-0.39, 0.29) is 12.1 Å². The molecule has 0 saturated carbocycles. The zero-order valence-electron chi connectivity index (χ0n) is 14.5. The van der Waals surface area contributed by atoms with Crippen LogP contribution in [0.3, 0.4) is 0 Å². The van der Waals surface area contributed by atoms with Crippen LogP contribution in [0.4, 0.5) is 0 Å². The molecule has 1 rings (SSSR count). The SMILES string of the molecule is CCCCCCCCCC(O)CCC(=O)OCc1ccccc1. The molecule has 0 fully saturated rings. The lowest BCUT2D eigenvalue weighted by molar-refractivity contribution is -0.145. The highest BCUT2D eigenvalue weighted by Gasteiger charge is 2.09. The zero-order valence-corrected chi connectivity index (χ0v) is 14.5. The first kappa shape index (κ1) is 19.7. The summed E-state index contributed by atoms with van der Waals surface area (Å²) in [6, 6.07) is 9.65. The largest absolute Gasteiger partial charge is 0.461 e. The topological polar surface area (TPSA) is 46.5 Å². The van der Waals surface area contributed by atoms with Gasteiger partial charge in [-0.1, -0.05) is 82.2 Å². The van der Waals surface area contributed by atoms with Crippen LogP contribution in [0.25, 0.3) is 0 Å². The second-order valence-corrected chi connectivity index (χ2v) is 6.25. The van der Waals surface area contributed by atoms with E-state index in [1.165, 1.54) is 38.5 Å². The maximum atomic E-state index is 11.7. The van der Waals surface area contributed by atoms with E-state index >= 15 is 0 Å². The lowest BCUT2D eigenvalue weighted by atomic mass is 10.0. The number of aliphatic hydroxyl groups is 1. The molecule has 1 N–H and O–H groups in total. The monoisotopic (exact) mass is 320 g/mol. The van der Waals surface area contributed by atoms with Crippen molar-refractivity contribution in [2.75, 3.05) is 0 Å². The molecule has 0 radical (unpaired) electrons. The highest BCUT2D eigenvalue weighted by atomic mass is 16.5. The summed E-state index contributed by atoms with van der Waals surface area (Å²) in [6.45, 7) is 2.54. The fourth-order valence-electron chi connectivity index (χ4n) is 2.58. The average molecular weight is 320 g/mol. The van der Waals surface area contributed by atoms with Gasteiger partial charge in [0, 0.05) is 6.42 Å². The van der Waals surface area contributed by atoms with Gasteiger partial charge >= 0.3 is 5.97 Å². The van der Waals surface area contributed by atoms with Crippen LogP contribution in [0.2, 0.25) is 0 Å². The van der Waals surface area contributed by atoms with Crippen LogP contribution in [0.15, 0.2) is 30.3 Å². The van der Waals surface area contributed by atoms with E-state index < -0.39 is 0 Å². The summed E-state index contributed by atoms with van der Waals surface area (Å²) in [5, 5.41) is 9.92. The highest BCUT2D eigenvalue weighted by Crippen LogP contribution is 2.12. The number of carbonyl (C=O) groups is 1. The van der Waals surface area contributed by atoms with Gasteiger partial charge in [0.25, 0.3) is 0 Å². The fraction of sp³-hybridized carbons (Fsp3) is 0.650. The van der Waals surface area contributed by atoms with Gasteiger partial charge in [0.05, 0.1) is 6.10 Å². The zero-order chi connectivity index (χ0) is 16.8. The first-order valence-corrected chi connectivity index (χ1v) is 9.10. The third kappa shape index (κ3) is 10.9. The first-order chi connectivity index (χ1) is 11.2. The van der Waals surface area contributed by atoms with Crippen molar-refractivity contribution in [1.82, 2.24) is 0 Å². The molecule has 3 nitrogen and oxygen atoms in total. The summed E-state index contributed by atoms with van der Waals surface area (Å²) in [4.78, 5) is 11.7. The average Bonchev–Trinajstić information content (AvgIpc) is 2.58. The molecule has 23 heavy (non-hydrogen) atoms. The van der Waals surface area contributed by atoms with Crippen molar-refractivity contribution in [1.29, 1.82) is 0 Å². The predicted molar refractivity (Wildman–Crippen MR) is 94.1 cm³/mol. The highest BCUT2D eigenvalue weighted by molar-refractivity contribution is 5.69. The molecule has 1 aromatic carbocycles. The molecule has 1 aromatic rings. The quantitative estimate of drug-likeness (QED) is 0.410. The molecule has 130 valence electrons. The van der Waals surface area contributed by atoms with Crippen LogP contribution in [0.1, 0.15) is 76.7 Å². The number of hydrogen-bond acceptors (Lipinski definition) is 3. The molecular weight excluding hydrogens is 288 g/mol. The predicted octanol–water partition coefficient (Wildman–Crippen LogP) is 5.01. The third-order valence-corrected chi connectivity index (χ3v) is 4.07. The molecule has 0 aliphatic rings. The van der Waals surface area contributed by atoms with Crippen molar-refractivity contribution >= 4 is 5.97 Å². The van der Waals surface area contributed by atoms with Crippen molar-refractivity contribution in [3.63, 3.8) is 0 Å². The second kappa shape index (κ2) is 13.1. The fourth-order valence-corrected chi connectivity index (χ4v) is 2.58. The van der Waals surface area contributed by atoms with Gasteiger partial charge in [-0.2, -0.15) is 0 Å². The van der Waals surface area contributed by atoms with E-state index in [2.05, 4.69) is 6.92 Å². The van der Waals surface area contributed by atoms with Crippen molar-refractivity contribution in [3.8, 4) is 0 Å². The molecule has 0 spiro atoms. The van der Waals surface area contributed by atoms with Crippen LogP contribution >= 0.6 is 0 Å². The van der Waals surface area contributed by atoms with Gasteiger partial charge in [-0.25, -0.2) is 0 Å². The van der Waals surface area contributed by atoms with E-state index in [4.69, 9.17) is 4.74 Å². The van der Waals surface area contributed by atoms with Crippen LogP contribution in [0.5, 0.6) is 0 Å². The van der Waals surface area contributed by atoms with E-state index in [9.17, 15) is 9.90 Å². The Balaban J connectivity index is 1.98. The maximum Gasteiger partial charge on any atom is 0.306 e. The number of benzene rings is 1. The molecule has 0 saturated heterocycles. The number of rotatable bonds is 13. The van der Waals surface area contributed by atoms with Crippen LogP contribution < -0.4 is 0 Å². The van der Waals surface area contributed by atoms with Gasteiger partial charge in [0.2, 0.25) is 0 Å². The van der Waals surface area contributed by atoms with Gasteiger partial charge in [-0.3, -0.25) is 4.79 Å². The minimum atomic E-state index is -0.380. The Morgan fingerprint density at radius 3 is 2.35 bits per heavy atom. The Bertz CT molecular complexity index is 403. The summed E-state index contributed by atoms with van der Waals surface area (Å²) in [5.41, 5.74) is 0.990. The van der Waals surface area contributed by atoms with Crippen molar-refractivity contribution in [2.45, 2.75) is 83.8 Å². The van der Waals surface area contributed by atoms with E-state index in [1.54, 1.807) is 0 Å². The van der Waals surface area contributed by atoms with Crippen molar-refractivity contribution in [2.24, 2.45) is 0 Å². The molecular formula is C20H32O3. The number of unbranched alkanes of at least 4 members (excludes halogenated alkanes) is 6. The summed E-state index contributed by atoms with van der Waals surface area (Å²) < 4.78 is 5.21.